The van der Waals surface area contributed by atoms with Gasteiger partial charge in [-0.15, -0.1) is 0 Å². The molecule has 25 heavy (non-hydrogen) atoms. The van der Waals surface area contributed by atoms with Crippen LogP contribution in [0.4, 0.5) is 4.79 Å². The predicted octanol–water partition coefficient (Wildman–Crippen LogP) is 1.41. The third-order valence-corrected chi connectivity index (χ3v) is 5.51. The van der Waals surface area contributed by atoms with Gasteiger partial charge in [-0.2, -0.15) is 0 Å². The number of para-hydroxylation sites is 1. The number of fused-ring (bicyclic) bond motifs is 3. The Kier molecular flexibility index (Phi) is 3.27. The number of rotatable bonds is 1. The van der Waals surface area contributed by atoms with E-state index in [1.54, 1.807) is 6.92 Å². The van der Waals surface area contributed by atoms with Crippen molar-refractivity contribution in [2.75, 3.05) is 20.6 Å². The lowest BCUT2D eigenvalue weighted by Crippen LogP contribution is -2.65. The van der Waals surface area contributed by atoms with Crippen molar-refractivity contribution in [1.82, 2.24) is 20.1 Å². The van der Waals surface area contributed by atoms with Crippen molar-refractivity contribution in [3.63, 3.8) is 0 Å². The molecule has 0 aliphatic carbocycles. The second-order valence-electron chi connectivity index (χ2n) is 6.91. The zero-order valence-electron chi connectivity index (χ0n) is 14.4. The average molecular weight is 340 g/mol. The van der Waals surface area contributed by atoms with Gasteiger partial charge in [0.15, 0.2) is 0 Å². The molecule has 0 saturated carbocycles. The van der Waals surface area contributed by atoms with Crippen molar-refractivity contribution >= 4 is 28.7 Å². The van der Waals surface area contributed by atoms with Crippen LogP contribution in [0.15, 0.2) is 24.3 Å². The molecule has 7 heteroatoms. The fourth-order valence-electron chi connectivity index (χ4n) is 4.11. The molecule has 7 nitrogen and oxygen atoms in total. The first-order chi connectivity index (χ1) is 11.9. The highest BCUT2D eigenvalue weighted by Crippen LogP contribution is 2.43. The number of nitrogens with zero attached hydrogens (tertiary/aromatic N) is 2. The standard InChI is InChI=1S/C18H20N4O3/c1-18(15(23)21(2)17(25)22(3)16(18)24)14-13-11(8-9-19-14)10-6-4-5-7-12(10)20-13/h4-7,14,19-20H,8-9H2,1-3H3. The average Bonchev–Trinajstić information content (AvgIpc) is 3.02. The molecule has 4 rings (SSSR count). The molecule has 1 aromatic heterocycles. The molecule has 2 aromatic rings. The number of imide groups is 2. The first-order valence-electron chi connectivity index (χ1n) is 8.30. The first kappa shape index (κ1) is 15.8. The Balaban J connectivity index is 1.89. The summed E-state index contributed by atoms with van der Waals surface area (Å²) in [7, 11) is 2.83. The van der Waals surface area contributed by atoms with Gasteiger partial charge in [0, 0.05) is 30.7 Å². The predicted molar refractivity (Wildman–Crippen MR) is 91.8 cm³/mol. The molecule has 3 heterocycles. The van der Waals surface area contributed by atoms with Crippen molar-refractivity contribution in [3.05, 3.63) is 35.5 Å². The van der Waals surface area contributed by atoms with Gasteiger partial charge in [0.2, 0.25) is 11.8 Å². The highest BCUT2D eigenvalue weighted by Gasteiger charge is 2.58. The topological polar surface area (TPSA) is 85.5 Å². The molecule has 1 fully saturated rings. The molecule has 1 saturated heterocycles. The van der Waals surface area contributed by atoms with Crippen LogP contribution in [0.25, 0.3) is 10.9 Å². The van der Waals surface area contributed by atoms with Crippen LogP contribution in [0.3, 0.4) is 0 Å². The molecule has 0 spiro atoms. The molecule has 1 atom stereocenters. The van der Waals surface area contributed by atoms with Crippen molar-refractivity contribution in [2.45, 2.75) is 19.4 Å². The maximum atomic E-state index is 12.9. The molecule has 130 valence electrons. The number of hydrogen-bond acceptors (Lipinski definition) is 4. The van der Waals surface area contributed by atoms with Gasteiger partial charge in [-0.3, -0.25) is 19.4 Å². The van der Waals surface area contributed by atoms with Gasteiger partial charge in [0.1, 0.15) is 5.41 Å². The zero-order valence-corrected chi connectivity index (χ0v) is 14.4. The Morgan fingerprint density at radius 2 is 1.72 bits per heavy atom. The maximum Gasteiger partial charge on any atom is 0.332 e. The van der Waals surface area contributed by atoms with Crippen LogP contribution >= 0.6 is 0 Å². The van der Waals surface area contributed by atoms with Crippen LogP contribution in [0.5, 0.6) is 0 Å². The minimum Gasteiger partial charge on any atom is -0.357 e. The number of urea groups is 1. The van der Waals surface area contributed by atoms with Gasteiger partial charge in [0.25, 0.3) is 0 Å². The number of nitrogens with one attached hydrogen (secondary N) is 2. The summed E-state index contributed by atoms with van der Waals surface area (Å²) in [6, 6.07) is 6.85. The molecule has 0 bridgehead atoms. The Bertz CT molecular complexity index is 892. The second-order valence-corrected chi connectivity index (χ2v) is 6.91. The zero-order chi connectivity index (χ0) is 17.9. The molecule has 1 aromatic carbocycles. The Labute approximate surface area is 145 Å². The highest BCUT2D eigenvalue weighted by molar-refractivity contribution is 6.19. The van der Waals surface area contributed by atoms with Gasteiger partial charge in [-0.05, 0) is 31.5 Å². The third-order valence-electron chi connectivity index (χ3n) is 5.51. The lowest BCUT2D eigenvalue weighted by Gasteiger charge is -2.44. The summed E-state index contributed by atoms with van der Waals surface area (Å²) in [4.78, 5) is 43.4. The number of hydrogen-bond donors (Lipinski definition) is 2. The fourth-order valence-corrected chi connectivity index (χ4v) is 4.11. The molecule has 2 N–H and O–H groups in total. The van der Waals surface area contributed by atoms with E-state index in [-0.39, 0.29) is 0 Å². The minimum absolute atomic E-state index is 0.482. The lowest BCUT2D eigenvalue weighted by atomic mass is 9.74. The summed E-state index contributed by atoms with van der Waals surface area (Å²) in [5.74, 6) is -0.964. The normalized spacial score (nSPS) is 23.3. The van der Waals surface area contributed by atoms with E-state index >= 15 is 0 Å². The Hall–Kier alpha value is -2.67. The molecular formula is C18H20N4O3. The van der Waals surface area contributed by atoms with Gasteiger partial charge >= 0.3 is 6.03 Å². The van der Waals surface area contributed by atoms with Crippen LogP contribution < -0.4 is 5.32 Å². The number of carbonyl (C=O) groups is 3. The second kappa shape index (κ2) is 5.16. The third kappa shape index (κ3) is 1.93. The van der Waals surface area contributed by atoms with Crippen LogP contribution in [0.1, 0.15) is 24.2 Å². The summed E-state index contributed by atoms with van der Waals surface area (Å²) in [5.41, 5.74) is 1.59. The van der Waals surface area contributed by atoms with E-state index in [1.165, 1.54) is 14.1 Å². The van der Waals surface area contributed by atoms with Gasteiger partial charge < -0.3 is 10.3 Å². The summed E-state index contributed by atoms with van der Waals surface area (Å²) in [6.45, 7) is 2.28. The van der Waals surface area contributed by atoms with E-state index in [1.807, 2.05) is 24.3 Å². The molecule has 1 unspecified atom stereocenters. The quantitative estimate of drug-likeness (QED) is 0.769. The number of H-pyrrole nitrogens is 1. The summed E-state index contributed by atoms with van der Waals surface area (Å²) >= 11 is 0. The SMILES string of the molecule is CN1C(=O)N(C)C(=O)C(C)(C2NCCc3c2[nH]c2ccccc32)C1=O. The van der Waals surface area contributed by atoms with Crippen molar-refractivity contribution in [3.8, 4) is 0 Å². The van der Waals surface area contributed by atoms with E-state index in [0.717, 1.165) is 38.4 Å². The largest absolute Gasteiger partial charge is 0.357 e. The van der Waals surface area contributed by atoms with Crippen LogP contribution in [-0.4, -0.2) is 53.3 Å². The molecule has 0 radical (unpaired) electrons. The van der Waals surface area contributed by atoms with Crippen LogP contribution in [0.2, 0.25) is 0 Å². The number of aromatic nitrogens is 1. The Morgan fingerprint density at radius 1 is 1.08 bits per heavy atom. The molecule has 4 amide bonds. The number of barbiturate groups is 1. The van der Waals surface area contributed by atoms with Crippen molar-refractivity contribution in [2.24, 2.45) is 5.41 Å². The fraction of sp³-hybridized carbons (Fsp3) is 0.389. The van der Waals surface area contributed by atoms with E-state index in [4.69, 9.17) is 0 Å². The van der Waals surface area contributed by atoms with Crippen LogP contribution in [-0.2, 0) is 16.0 Å². The number of benzene rings is 1. The monoisotopic (exact) mass is 340 g/mol. The lowest BCUT2D eigenvalue weighted by molar-refractivity contribution is -0.158. The molecule has 2 aliphatic heterocycles. The van der Waals surface area contributed by atoms with Gasteiger partial charge in [-0.25, -0.2) is 4.79 Å². The minimum atomic E-state index is -1.38. The van der Waals surface area contributed by atoms with Crippen LogP contribution in [0, 0.1) is 5.41 Å². The summed E-state index contributed by atoms with van der Waals surface area (Å²) < 4.78 is 0. The highest BCUT2D eigenvalue weighted by atomic mass is 16.2. The molecular weight excluding hydrogens is 320 g/mol. The van der Waals surface area contributed by atoms with E-state index in [2.05, 4.69) is 10.3 Å². The van der Waals surface area contributed by atoms with Gasteiger partial charge in [-0.1, -0.05) is 18.2 Å². The van der Waals surface area contributed by atoms with Gasteiger partial charge in [0.05, 0.1) is 6.04 Å². The number of amides is 4. The van der Waals surface area contributed by atoms with E-state index in [0.29, 0.717) is 6.54 Å². The summed E-state index contributed by atoms with van der Waals surface area (Å²) in [6.07, 6.45) is 0.818. The summed E-state index contributed by atoms with van der Waals surface area (Å²) in [5, 5.41) is 4.44. The smallest absolute Gasteiger partial charge is 0.332 e. The van der Waals surface area contributed by atoms with E-state index < -0.39 is 29.3 Å². The Morgan fingerprint density at radius 3 is 2.40 bits per heavy atom. The first-order valence-corrected chi connectivity index (χ1v) is 8.30. The number of carbonyl (C=O) groups excluding carboxylic acids is 3. The molecule has 2 aliphatic rings. The van der Waals surface area contributed by atoms with Crippen molar-refractivity contribution in [1.29, 1.82) is 0 Å². The number of aromatic amines is 1. The maximum absolute atomic E-state index is 12.9. The van der Waals surface area contributed by atoms with E-state index in [9.17, 15) is 14.4 Å². The van der Waals surface area contributed by atoms with Crippen molar-refractivity contribution < 1.29 is 14.4 Å².